The summed E-state index contributed by atoms with van der Waals surface area (Å²) in [5, 5.41) is 17.2. The molecule has 2 heterocycles. The number of benzene rings is 2. The summed E-state index contributed by atoms with van der Waals surface area (Å²) in [6.07, 6.45) is -1.43. The van der Waals surface area contributed by atoms with Gasteiger partial charge >= 0.3 is 6.18 Å². The van der Waals surface area contributed by atoms with Crippen LogP contribution in [0.15, 0.2) is 48.7 Å². The van der Waals surface area contributed by atoms with Gasteiger partial charge in [0.25, 0.3) is 0 Å². The number of halogens is 4. The minimum absolute atomic E-state index is 0.123. The molecule has 0 aliphatic rings. The molecule has 0 aliphatic carbocycles. The van der Waals surface area contributed by atoms with Crippen LogP contribution in [0.1, 0.15) is 18.4 Å². The lowest BCUT2D eigenvalue weighted by atomic mass is 10.00. The molecule has 172 valence electrons. The molecule has 0 unspecified atom stereocenters. The number of fused-ring (bicyclic) bond motifs is 1. The highest BCUT2D eigenvalue weighted by Crippen LogP contribution is 2.35. The number of aliphatic hydroxyl groups is 1. The van der Waals surface area contributed by atoms with Crippen LogP contribution in [-0.4, -0.2) is 38.0 Å². The van der Waals surface area contributed by atoms with Gasteiger partial charge < -0.3 is 10.4 Å². The number of hydrogen-bond donors (Lipinski definition) is 2. The van der Waals surface area contributed by atoms with Crippen molar-refractivity contribution in [2.24, 2.45) is 7.05 Å². The molecular formula is C23H21F4N5O. The van der Waals surface area contributed by atoms with E-state index in [4.69, 9.17) is 5.11 Å². The van der Waals surface area contributed by atoms with Gasteiger partial charge in [-0.25, -0.2) is 14.1 Å². The fourth-order valence-electron chi connectivity index (χ4n) is 3.50. The van der Waals surface area contributed by atoms with Gasteiger partial charge in [-0.15, -0.1) is 0 Å². The molecule has 10 heteroatoms. The van der Waals surface area contributed by atoms with Crippen molar-refractivity contribution in [2.75, 3.05) is 18.5 Å². The molecule has 33 heavy (non-hydrogen) atoms. The van der Waals surface area contributed by atoms with Gasteiger partial charge in [0.05, 0.1) is 10.9 Å². The van der Waals surface area contributed by atoms with Gasteiger partial charge in [-0.05, 0) is 36.6 Å². The number of hydrogen-bond acceptors (Lipinski definition) is 5. The van der Waals surface area contributed by atoms with Crippen molar-refractivity contribution in [1.82, 2.24) is 19.7 Å². The molecule has 6 nitrogen and oxygen atoms in total. The van der Waals surface area contributed by atoms with Crippen LogP contribution < -0.4 is 5.32 Å². The lowest BCUT2D eigenvalue weighted by Crippen LogP contribution is -2.06. The minimum Gasteiger partial charge on any atom is -0.396 e. The van der Waals surface area contributed by atoms with E-state index in [1.54, 1.807) is 42.2 Å². The second-order valence-electron chi connectivity index (χ2n) is 7.53. The number of rotatable bonds is 7. The van der Waals surface area contributed by atoms with Crippen molar-refractivity contribution >= 4 is 17.0 Å². The molecule has 0 radical (unpaired) electrons. The Bertz CT molecular complexity index is 1270. The fraction of sp³-hybridized carbons (Fsp3) is 0.261. The largest absolute Gasteiger partial charge is 0.416 e. The van der Waals surface area contributed by atoms with Gasteiger partial charge in [0.1, 0.15) is 11.5 Å². The molecule has 0 bridgehead atoms. The van der Waals surface area contributed by atoms with Crippen LogP contribution in [0.4, 0.5) is 23.5 Å². The predicted molar refractivity (Wildman–Crippen MR) is 117 cm³/mol. The van der Waals surface area contributed by atoms with Crippen molar-refractivity contribution in [1.29, 1.82) is 0 Å². The molecule has 0 fully saturated rings. The molecule has 4 aromatic rings. The average molecular weight is 459 g/mol. The van der Waals surface area contributed by atoms with Crippen LogP contribution in [0.3, 0.4) is 0 Å². The van der Waals surface area contributed by atoms with Crippen LogP contribution in [0, 0.1) is 5.82 Å². The molecule has 0 amide bonds. The smallest absolute Gasteiger partial charge is 0.396 e. The summed E-state index contributed by atoms with van der Waals surface area (Å²) < 4.78 is 54.9. The molecule has 0 saturated heterocycles. The van der Waals surface area contributed by atoms with Crippen molar-refractivity contribution < 1.29 is 22.7 Å². The third-order valence-corrected chi connectivity index (χ3v) is 5.21. The highest BCUT2D eigenvalue weighted by Gasteiger charge is 2.31. The van der Waals surface area contributed by atoms with E-state index in [9.17, 15) is 17.6 Å². The van der Waals surface area contributed by atoms with E-state index < -0.39 is 17.6 Å². The first-order valence-electron chi connectivity index (χ1n) is 10.3. The van der Waals surface area contributed by atoms with Crippen LogP contribution >= 0.6 is 0 Å². The highest BCUT2D eigenvalue weighted by molar-refractivity contribution is 5.91. The fourth-order valence-corrected chi connectivity index (χ4v) is 3.50. The van der Waals surface area contributed by atoms with Gasteiger partial charge in [-0.1, -0.05) is 24.3 Å². The summed E-state index contributed by atoms with van der Waals surface area (Å²) in [6, 6.07) is 8.84. The third kappa shape index (κ3) is 4.80. The quantitative estimate of drug-likeness (QED) is 0.299. The topological polar surface area (TPSA) is 75.9 Å². The van der Waals surface area contributed by atoms with E-state index >= 15 is 0 Å². The summed E-state index contributed by atoms with van der Waals surface area (Å²) in [5.74, 6) is -0.281. The Morgan fingerprint density at radius 1 is 1.03 bits per heavy atom. The lowest BCUT2D eigenvalue weighted by Gasteiger charge is -2.10. The van der Waals surface area contributed by atoms with Gasteiger partial charge in [0.15, 0.2) is 5.65 Å². The van der Waals surface area contributed by atoms with Crippen molar-refractivity contribution in [3.8, 4) is 22.4 Å². The number of aryl methyl sites for hydroxylation is 1. The summed E-state index contributed by atoms with van der Waals surface area (Å²) in [5.41, 5.74) is 1.21. The van der Waals surface area contributed by atoms with Crippen LogP contribution in [0.25, 0.3) is 33.4 Å². The number of aromatic nitrogens is 4. The number of nitrogens with zero attached hydrogens (tertiary/aromatic N) is 4. The first-order valence-corrected chi connectivity index (χ1v) is 10.3. The highest BCUT2D eigenvalue weighted by atomic mass is 19.4. The number of anilines is 1. The SMILES string of the molecule is Cn1nc(-c2ccc(-c3cc(C(F)(F)F)ccc3F)cc2)c2cnc(NCCCCO)nc21. The zero-order valence-electron chi connectivity index (χ0n) is 17.7. The van der Waals surface area contributed by atoms with Crippen molar-refractivity contribution in [3.63, 3.8) is 0 Å². The molecule has 0 atom stereocenters. The normalized spacial score (nSPS) is 11.8. The molecule has 0 spiro atoms. The Kier molecular flexibility index (Phi) is 6.28. The number of nitrogens with one attached hydrogen (secondary N) is 1. The maximum absolute atomic E-state index is 14.2. The average Bonchev–Trinajstić information content (AvgIpc) is 3.12. The maximum atomic E-state index is 14.2. The molecule has 4 rings (SSSR count). The molecule has 2 aromatic carbocycles. The summed E-state index contributed by atoms with van der Waals surface area (Å²) >= 11 is 0. The van der Waals surface area contributed by atoms with E-state index in [2.05, 4.69) is 20.4 Å². The lowest BCUT2D eigenvalue weighted by molar-refractivity contribution is -0.137. The predicted octanol–water partition coefficient (Wildman–Crippen LogP) is 5.04. The maximum Gasteiger partial charge on any atom is 0.416 e. The number of alkyl halides is 3. The second kappa shape index (κ2) is 9.14. The van der Waals surface area contributed by atoms with E-state index in [0.29, 0.717) is 46.8 Å². The third-order valence-electron chi connectivity index (χ3n) is 5.21. The first kappa shape index (κ1) is 22.7. The number of aliphatic hydroxyl groups excluding tert-OH is 1. The van der Waals surface area contributed by atoms with Gasteiger partial charge in [0.2, 0.25) is 5.95 Å². The second-order valence-corrected chi connectivity index (χ2v) is 7.53. The van der Waals surface area contributed by atoms with E-state index in [1.807, 2.05) is 0 Å². The van der Waals surface area contributed by atoms with Crippen molar-refractivity contribution in [2.45, 2.75) is 19.0 Å². The standard InChI is InChI=1S/C23H21F4N5O/c1-32-21-18(13-29-22(30-21)28-10-2-3-11-33)20(31-32)15-6-4-14(5-7-15)17-12-16(23(25,26)27)8-9-19(17)24/h4-9,12-13,33H,2-3,10-11H2,1H3,(H,28,29,30). The Labute approximate surface area is 186 Å². The van der Waals surface area contributed by atoms with Gasteiger partial charge in [-0.2, -0.15) is 23.3 Å². The summed E-state index contributed by atoms with van der Waals surface area (Å²) in [4.78, 5) is 8.81. The van der Waals surface area contributed by atoms with E-state index in [-0.39, 0.29) is 12.2 Å². The van der Waals surface area contributed by atoms with Crippen molar-refractivity contribution in [3.05, 3.63) is 60.0 Å². The van der Waals surface area contributed by atoms with E-state index in [1.165, 1.54) is 0 Å². The summed E-state index contributed by atoms with van der Waals surface area (Å²) in [7, 11) is 1.75. The van der Waals surface area contributed by atoms with Gasteiger partial charge in [0, 0.05) is 37.5 Å². The molecule has 0 saturated carbocycles. The number of unbranched alkanes of at least 4 members (excludes halogenated alkanes) is 1. The van der Waals surface area contributed by atoms with Crippen LogP contribution in [0.5, 0.6) is 0 Å². The van der Waals surface area contributed by atoms with Crippen LogP contribution in [0.2, 0.25) is 0 Å². The zero-order valence-corrected chi connectivity index (χ0v) is 17.7. The Morgan fingerprint density at radius 3 is 2.45 bits per heavy atom. The molecule has 2 N–H and O–H groups in total. The van der Waals surface area contributed by atoms with Gasteiger partial charge in [-0.3, -0.25) is 0 Å². The van der Waals surface area contributed by atoms with Crippen LogP contribution in [-0.2, 0) is 13.2 Å². The zero-order chi connectivity index (χ0) is 23.6. The molecular weight excluding hydrogens is 438 g/mol. The van der Waals surface area contributed by atoms with E-state index in [0.717, 1.165) is 24.6 Å². The Hall–Kier alpha value is -3.53. The summed E-state index contributed by atoms with van der Waals surface area (Å²) in [6.45, 7) is 0.760. The minimum atomic E-state index is -4.55. The monoisotopic (exact) mass is 459 g/mol. The first-order chi connectivity index (χ1) is 15.8. The Balaban J connectivity index is 1.62. The Morgan fingerprint density at radius 2 is 1.76 bits per heavy atom. The molecule has 0 aliphatic heterocycles. The molecule has 2 aromatic heterocycles.